The Morgan fingerprint density at radius 2 is 2.05 bits per heavy atom. The Morgan fingerprint density at radius 1 is 1.33 bits per heavy atom. The maximum Gasteiger partial charge on any atom is 0.254 e. The highest BCUT2D eigenvalue weighted by atomic mass is 16.2. The molecular formula is C15H22N4O2. The van der Waals surface area contributed by atoms with Gasteiger partial charge in [0.05, 0.1) is 5.92 Å². The molecule has 2 aliphatic rings. The number of nitrogens with two attached hydrogens (primary N) is 2. The lowest BCUT2D eigenvalue weighted by Gasteiger charge is -2.29. The van der Waals surface area contributed by atoms with Crippen LogP contribution in [0.25, 0.3) is 0 Å². The lowest BCUT2D eigenvalue weighted by Crippen LogP contribution is -2.32. The van der Waals surface area contributed by atoms with Gasteiger partial charge in [0.1, 0.15) is 0 Å². The van der Waals surface area contributed by atoms with Crippen molar-refractivity contribution in [2.45, 2.75) is 20.3 Å². The molecule has 0 aromatic heterocycles. The second-order valence-corrected chi connectivity index (χ2v) is 5.94. The molecule has 4 N–H and O–H groups in total. The van der Waals surface area contributed by atoms with Crippen molar-refractivity contribution in [1.29, 1.82) is 0 Å². The van der Waals surface area contributed by atoms with Crippen LogP contribution < -0.4 is 11.5 Å². The molecule has 1 aliphatic carbocycles. The predicted molar refractivity (Wildman–Crippen MR) is 81.1 cm³/mol. The highest BCUT2D eigenvalue weighted by molar-refractivity contribution is 5.93. The number of hydrogen-bond donors (Lipinski definition) is 2. The van der Waals surface area contributed by atoms with Crippen molar-refractivity contribution < 1.29 is 9.59 Å². The smallest absolute Gasteiger partial charge is 0.254 e. The van der Waals surface area contributed by atoms with Gasteiger partial charge in [-0.2, -0.15) is 4.99 Å². The molecule has 21 heavy (non-hydrogen) atoms. The third-order valence-corrected chi connectivity index (χ3v) is 4.37. The van der Waals surface area contributed by atoms with E-state index < -0.39 is 0 Å². The van der Waals surface area contributed by atoms with Crippen molar-refractivity contribution in [3.63, 3.8) is 0 Å². The molecule has 6 nitrogen and oxygen atoms in total. The minimum atomic E-state index is -0.337. The van der Waals surface area contributed by atoms with Crippen molar-refractivity contribution in [2.24, 2.45) is 34.2 Å². The summed E-state index contributed by atoms with van der Waals surface area (Å²) in [6, 6.07) is 0. The molecule has 0 spiro atoms. The van der Waals surface area contributed by atoms with Crippen LogP contribution in [0.4, 0.5) is 0 Å². The van der Waals surface area contributed by atoms with E-state index in [0.717, 1.165) is 12.8 Å². The van der Waals surface area contributed by atoms with E-state index in [1.165, 1.54) is 11.1 Å². The standard InChI is InChI=1S/C15H22N4O2/c1-9-3-4-10(2)11(5-9)12-6-19(8-20)7-13(12)14(21)18-15(16)17/h3-4,8,11-13H,5-7H2,1-2H3,(H4,16,17,18,21)/t11?,12-,13+/m1/s1. The second-order valence-electron chi connectivity index (χ2n) is 5.94. The first kappa shape index (κ1) is 15.3. The molecule has 6 heteroatoms. The minimum Gasteiger partial charge on any atom is -0.370 e. The van der Waals surface area contributed by atoms with Crippen LogP contribution in [-0.4, -0.2) is 36.3 Å². The average molecular weight is 290 g/mol. The maximum atomic E-state index is 12.2. The van der Waals surface area contributed by atoms with Gasteiger partial charge in [0.25, 0.3) is 5.91 Å². The third kappa shape index (κ3) is 3.32. The molecule has 0 aromatic carbocycles. The zero-order chi connectivity index (χ0) is 15.6. The van der Waals surface area contributed by atoms with Gasteiger partial charge in [-0.25, -0.2) is 0 Å². The first-order valence-electron chi connectivity index (χ1n) is 7.09. The molecule has 1 saturated heterocycles. The van der Waals surface area contributed by atoms with E-state index in [1.54, 1.807) is 4.90 Å². The lowest BCUT2D eigenvalue weighted by molar-refractivity contribution is -0.122. The van der Waals surface area contributed by atoms with E-state index in [1.807, 2.05) is 0 Å². The molecule has 1 fully saturated rings. The number of guanidine groups is 1. The summed E-state index contributed by atoms with van der Waals surface area (Å²) in [5, 5.41) is 0. The summed E-state index contributed by atoms with van der Waals surface area (Å²) in [5.41, 5.74) is 13.1. The van der Waals surface area contributed by atoms with Crippen molar-refractivity contribution in [1.82, 2.24) is 4.90 Å². The number of amides is 2. The van der Waals surface area contributed by atoms with Crippen LogP contribution >= 0.6 is 0 Å². The van der Waals surface area contributed by atoms with E-state index in [2.05, 4.69) is 31.0 Å². The summed E-state index contributed by atoms with van der Waals surface area (Å²) in [5.74, 6) is -0.579. The molecule has 0 radical (unpaired) electrons. The van der Waals surface area contributed by atoms with E-state index in [4.69, 9.17) is 11.5 Å². The average Bonchev–Trinajstić information content (AvgIpc) is 2.85. The van der Waals surface area contributed by atoms with E-state index in [9.17, 15) is 9.59 Å². The fourth-order valence-corrected chi connectivity index (χ4v) is 3.29. The lowest BCUT2D eigenvalue weighted by atomic mass is 9.74. The summed E-state index contributed by atoms with van der Waals surface area (Å²) >= 11 is 0. The van der Waals surface area contributed by atoms with Gasteiger partial charge in [-0.3, -0.25) is 9.59 Å². The molecule has 2 amide bonds. The number of hydrogen-bond acceptors (Lipinski definition) is 2. The van der Waals surface area contributed by atoms with E-state index >= 15 is 0 Å². The number of carbonyl (C=O) groups excluding carboxylic acids is 2. The molecular weight excluding hydrogens is 268 g/mol. The maximum absolute atomic E-state index is 12.2. The minimum absolute atomic E-state index is 0.0608. The molecule has 1 unspecified atom stereocenters. The molecule has 1 heterocycles. The number of allylic oxidation sites excluding steroid dienone is 4. The van der Waals surface area contributed by atoms with Crippen LogP contribution in [0.3, 0.4) is 0 Å². The second kappa shape index (κ2) is 6.11. The van der Waals surface area contributed by atoms with Crippen molar-refractivity contribution in [2.75, 3.05) is 13.1 Å². The predicted octanol–water partition coefficient (Wildman–Crippen LogP) is 0.403. The van der Waals surface area contributed by atoms with Gasteiger partial charge < -0.3 is 16.4 Å². The van der Waals surface area contributed by atoms with Crippen LogP contribution in [-0.2, 0) is 9.59 Å². The van der Waals surface area contributed by atoms with Crippen LogP contribution in [0.1, 0.15) is 20.3 Å². The van der Waals surface area contributed by atoms with Crippen LogP contribution in [0.5, 0.6) is 0 Å². The highest BCUT2D eigenvalue weighted by Crippen LogP contribution is 2.39. The Hall–Kier alpha value is -2.11. The van der Waals surface area contributed by atoms with Gasteiger partial charge in [0.15, 0.2) is 5.96 Å². The molecule has 0 aromatic rings. The van der Waals surface area contributed by atoms with E-state index in [-0.39, 0.29) is 29.6 Å². The number of aliphatic imine (C=N–C) groups is 1. The van der Waals surface area contributed by atoms with Crippen molar-refractivity contribution in [3.05, 3.63) is 23.3 Å². The summed E-state index contributed by atoms with van der Waals surface area (Å²) in [6.07, 6.45) is 5.89. The monoisotopic (exact) mass is 290 g/mol. The fraction of sp³-hybridized carbons (Fsp3) is 0.533. The molecule has 1 aliphatic heterocycles. The van der Waals surface area contributed by atoms with Gasteiger partial charge in [-0.1, -0.05) is 23.3 Å². The van der Waals surface area contributed by atoms with Gasteiger partial charge in [-0.05, 0) is 32.1 Å². The zero-order valence-corrected chi connectivity index (χ0v) is 12.5. The van der Waals surface area contributed by atoms with Crippen LogP contribution in [0.15, 0.2) is 28.3 Å². The largest absolute Gasteiger partial charge is 0.370 e. The van der Waals surface area contributed by atoms with Gasteiger partial charge in [0.2, 0.25) is 6.41 Å². The van der Waals surface area contributed by atoms with Crippen LogP contribution in [0, 0.1) is 17.8 Å². The Morgan fingerprint density at radius 3 is 2.67 bits per heavy atom. The van der Waals surface area contributed by atoms with Gasteiger partial charge in [-0.15, -0.1) is 0 Å². The SMILES string of the molecule is CC1=CC=C(C)C([C@H]2CN(C=O)C[C@@H]2C(=O)N=C(N)N)C1. The molecule has 2 rings (SSSR count). The normalized spacial score (nSPS) is 28.7. The Balaban J connectivity index is 2.24. The Bertz CT molecular complexity index is 532. The van der Waals surface area contributed by atoms with Gasteiger partial charge in [0, 0.05) is 13.1 Å². The third-order valence-electron chi connectivity index (χ3n) is 4.37. The van der Waals surface area contributed by atoms with Crippen molar-refractivity contribution in [3.8, 4) is 0 Å². The highest BCUT2D eigenvalue weighted by Gasteiger charge is 2.42. The Labute approximate surface area is 124 Å². The Kier molecular flexibility index (Phi) is 4.45. The first-order valence-corrected chi connectivity index (χ1v) is 7.09. The quantitative estimate of drug-likeness (QED) is 0.446. The van der Waals surface area contributed by atoms with Crippen molar-refractivity contribution >= 4 is 18.3 Å². The number of likely N-dealkylation sites (tertiary alicyclic amines) is 1. The first-order chi connectivity index (χ1) is 9.92. The van der Waals surface area contributed by atoms with E-state index in [0.29, 0.717) is 13.1 Å². The summed E-state index contributed by atoms with van der Waals surface area (Å²) < 4.78 is 0. The summed E-state index contributed by atoms with van der Waals surface area (Å²) in [4.78, 5) is 28.6. The molecule has 114 valence electrons. The number of rotatable bonds is 3. The number of nitrogens with zero attached hydrogens (tertiary/aromatic N) is 2. The van der Waals surface area contributed by atoms with Crippen LogP contribution in [0.2, 0.25) is 0 Å². The number of carbonyl (C=O) groups is 2. The zero-order valence-electron chi connectivity index (χ0n) is 12.5. The summed E-state index contributed by atoms with van der Waals surface area (Å²) in [6.45, 7) is 5.11. The molecule has 0 saturated carbocycles. The summed E-state index contributed by atoms with van der Waals surface area (Å²) in [7, 11) is 0. The fourth-order valence-electron chi connectivity index (χ4n) is 3.29. The topological polar surface area (TPSA) is 102 Å². The van der Waals surface area contributed by atoms with Gasteiger partial charge >= 0.3 is 0 Å². The molecule has 3 atom stereocenters. The molecule has 0 bridgehead atoms.